The Balaban J connectivity index is 5.27. The highest BCUT2D eigenvalue weighted by molar-refractivity contribution is 5.93. The van der Waals surface area contributed by atoms with Gasteiger partial charge in [0.1, 0.15) is 6.04 Å². The van der Waals surface area contributed by atoms with Gasteiger partial charge in [0.05, 0.1) is 25.6 Å². The number of carbonyl (C=O) groups excluding carboxylic acids is 4. The Morgan fingerprint density at radius 3 is 2.00 bits per heavy atom. The Labute approximate surface area is 129 Å². The number of nitrogens with two attached hydrogens (primary N) is 1. The zero-order valence-corrected chi connectivity index (χ0v) is 13.4. The van der Waals surface area contributed by atoms with E-state index in [9.17, 15) is 19.2 Å². The van der Waals surface area contributed by atoms with Gasteiger partial charge in [0.25, 0.3) is 0 Å². The number of amides is 2. The highest BCUT2D eigenvalue weighted by Crippen LogP contribution is 2.14. The summed E-state index contributed by atoms with van der Waals surface area (Å²) in [5, 5.41) is 2.38. The van der Waals surface area contributed by atoms with Crippen LogP contribution in [0.3, 0.4) is 0 Å². The monoisotopic (exact) mass is 316 g/mol. The summed E-state index contributed by atoms with van der Waals surface area (Å²) in [6, 6.07) is -1.33. The molecule has 0 unspecified atom stereocenters. The second-order valence-corrected chi connectivity index (χ2v) is 4.91. The zero-order chi connectivity index (χ0) is 17.3. The number of esters is 2. The molecule has 22 heavy (non-hydrogen) atoms. The summed E-state index contributed by atoms with van der Waals surface area (Å²) < 4.78 is 9.62. The molecule has 0 fully saturated rings. The summed E-state index contributed by atoms with van der Waals surface area (Å²) in [4.78, 5) is 47.0. The molecule has 0 heterocycles. The lowest BCUT2D eigenvalue weighted by atomic mass is 9.94. The van der Waals surface area contributed by atoms with E-state index in [0.717, 1.165) is 0 Å². The number of rotatable bonds is 9. The summed E-state index contributed by atoms with van der Waals surface area (Å²) in [6.07, 6.45) is -0.404. The summed E-state index contributed by atoms with van der Waals surface area (Å²) in [6.45, 7) is 6.65. The highest BCUT2D eigenvalue weighted by Gasteiger charge is 2.37. The van der Waals surface area contributed by atoms with E-state index in [2.05, 4.69) is 5.32 Å². The molecule has 0 aromatic heterocycles. The van der Waals surface area contributed by atoms with Crippen LogP contribution in [0.1, 0.15) is 34.1 Å². The van der Waals surface area contributed by atoms with Gasteiger partial charge in [0, 0.05) is 5.92 Å². The second-order valence-electron chi connectivity index (χ2n) is 4.91. The lowest BCUT2D eigenvalue weighted by Crippen LogP contribution is -2.53. The van der Waals surface area contributed by atoms with Gasteiger partial charge in [-0.1, -0.05) is 13.8 Å². The minimum Gasteiger partial charge on any atom is -0.466 e. The van der Waals surface area contributed by atoms with Crippen LogP contribution in [-0.4, -0.2) is 43.0 Å². The molecular formula is C14H24N2O6. The number of carbonyl (C=O) groups is 4. The van der Waals surface area contributed by atoms with Crippen molar-refractivity contribution in [3.8, 4) is 0 Å². The van der Waals surface area contributed by atoms with Crippen LogP contribution in [0.15, 0.2) is 0 Å². The minimum absolute atomic E-state index is 0.0712. The topological polar surface area (TPSA) is 125 Å². The first kappa shape index (κ1) is 19.9. The highest BCUT2D eigenvalue weighted by atomic mass is 16.5. The first-order valence-electron chi connectivity index (χ1n) is 7.16. The number of primary amides is 1. The van der Waals surface area contributed by atoms with Crippen LogP contribution in [0.4, 0.5) is 0 Å². The molecule has 2 amide bonds. The fraction of sp³-hybridized carbons (Fsp3) is 0.714. The van der Waals surface area contributed by atoms with Crippen molar-refractivity contribution in [3.63, 3.8) is 0 Å². The SMILES string of the molecule is CCOC(=O)C[C@H](C(=O)OCC)[C@H](NC(=O)C(C)C)C(N)=O. The van der Waals surface area contributed by atoms with E-state index < -0.39 is 48.1 Å². The smallest absolute Gasteiger partial charge is 0.312 e. The Morgan fingerprint density at radius 1 is 1.05 bits per heavy atom. The Bertz CT molecular complexity index is 422. The maximum atomic E-state index is 12.0. The van der Waals surface area contributed by atoms with Crippen molar-refractivity contribution in [2.24, 2.45) is 17.6 Å². The maximum absolute atomic E-state index is 12.0. The fourth-order valence-electron chi connectivity index (χ4n) is 1.68. The van der Waals surface area contributed by atoms with Crippen molar-refractivity contribution in [1.29, 1.82) is 0 Å². The molecule has 0 aliphatic heterocycles. The van der Waals surface area contributed by atoms with Crippen LogP contribution in [0.25, 0.3) is 0 Å². The first-order valence-corrected chi connectivity index (χ1v) is 7.16. The van der Waals surface area contributed by atoms with Gasteiger partial charge in [0.2, 0.25) is 11.8 Å². The Hall–Kier alpha value is -2.12. The third-order valence-electron chi connectivity index (χ3n) is 2.81. The molecule has 0 radical (unpaired) electrons. The molecule has 0 spiro atoms. The predicted octanol–water partition coefficient (Wildman–Crippen LogP) is -0.255. The Kier molecular flexibility index (Phi) is 8.81. The summed E-state index contributed by atoms with van der Waals surface area (Å²) in [7, 11) is 0. The van der Waals surface area contributed by atoms with Crippen molar-refractivity contribution in [2.75, 3.05) is 13.2 Å². The van der Waals surface area contributed by atoms with Crippen LogP contribution in [0, 0.1) is 11.8 Å². The molecule has 2 atom stereocenters. The van der Waals surface area contributed by atoms with Crippen molar-refractivity contribution in [1.82, 2.24) is 5.32 Å². The average molecular weight is 316 g/mol. The van der Waals surface area contributed by atoms with Crippen molar-refractivity contribution < 1.29 is 28.7 Å². The quantitative estimate of drug-likeness (QED) is 0.565. The first-order chi connectivity index (χ1) is 10.2. The van der Waals surface area contributed by atoms with E-state index in [1.807, 2.05) is 0 Å². The molecule has 0 saturated heterocycles. The van der Waals surface area contributed by atoms with Crippen molar-refractivity contribution in [3.05, 3.63) is 0 Å². The summed E-state index contributed by atoms with van der Waals surface area (Å²) in [5.74, 6) is -4.47. The third kappa shape index (κ3) is 6.55. The number of hydrogen-bond donors (Lipinski definition) is 2. The van der Waals surface area contributed by atoms with Gasteiger partial charge in [-0.05, 0) is 13.8 Å². The molecule has 0 aliphatic rings. The molecule has 0 bridgehead atoms. The van der Waals surface area contributed by atoms with E-state index in [1.165, 1.54) is 0 Å². The Morgan fingerprint density at radius 2 is 1.59 bits per heavy atom. The molecular weight excluding hydrogens is 292 g/mol. The molecule has 3 N–H and O–H groups in total. The lowest BCUT2D eigenvalue weighted by Gasteiger charge is -2.24. The largest absolute Gasteiger partial charge is 0.466 e. The molecule has 0 rings (SSSR count). The zero-order valence-electron chi connectivity index (χ0n) is 13.4. The van der Waals surface area contributed by atoms with Gasteiger partial charge in [-0.3, -0.25) is 19.2 Å². The van der Waals surface area contributed by atoms with Crippen LogP contribution in [0.5, 0.6) is 0 Å². The van der Waals surface area contributed by atoms with Crippen LogP contribution < -0.4 is 11.1 Å². The second kappa shape index (κ2) is 9.75. The van der Waals surface area contributed by atoms with Crippen LogP contribution in [-0.2, 0) is 28.7 Å². The predicted molar refractivity (Wildman–Crippen MR) is 77.3 cm³/mol. The minimum atomic E-state index is -1.33. The molecule has 0 aliphatic carbocycles. The molecule has 0 aromatic carbocycles. The summed E-state index contributed by atoms with van der Waals surface area (Å²) in [5.41, 5.74) is 5.26. The van der Waals surface area contributed by atoms with Gasteiger partial charge in [-0.15, -0.1) is 0 Å². The maximum Gasteiger partial charge on any atom is 0.312 e. The van der Waals surface area contributed by atoms with E-state index in [1.54, 1.807) is 27.7 Å². The molecule has 8 nitrogen and oxygen atoms in total. The van der Waals surface area contributed by atoms with Gasteiger partial charge < -0.3 is 20.5 Å². The number of nitrogens with one attached hydrogen (secondary N) is 1. The van der Waals surface area contributed by atoms with Crippen LogP contribution >= 0.6 is 0 Å². The molecule has 0 aromatic rings. The lowest BCUT2D eigenvalue weighted by molar-refractivity contribution is -0.157. The summed E-state index contributed by atoms with van der Waals surface area (Å²) >= 11 is 0. The van der Waals surface area contributed by atoms with Crippen LogP contribution in [0.2, 0.25) is 0 Å². The van der Waals surface area contributed by atoms with Gasteiger partial charge in [-0.2, -0.15) is 0 Å². The third-order valence-corrected chi connectivity index (χ3v) is 2.81. The number of ether oxygens (including phenoxy) is 2. The standard InChI is InChI=1S/C14H24N2O6/c1-5-21-10(17)7-9(14(20)22-6-2)11(12(15)18)16-13(19)8(3)4/h8-9,11H,5-7H2,1-4H3,(H2,15,18)(H,16,19)/t9-,11-/m0/s1. The normalized spacial score (nSPS) is 13.1. The van der Waals surface area contributed by atoms with Gasteiger partial charge >= 0.3 is 11.9 Å². The van der Waals surface area contributed by atoms with E-state index in [0.29, 0.717) is 0 Å². The molecule has 126 valence electrons. The average Bonchev–Trinajstić information content (AvgIpc) is 2.42. The van der Waals surface area contributed by atoms with E-state index in [4.69, 9.17) is 15.2 Å². The van der Waals surface area contributed by atoms with Gasteiger partial charge in [-0.25, -0.2) is 0 Å². The molecule has 0 saturated carbocycles. The fourth-order valence-corrected chi connectivity index (χ4v) is 1.68. The van der Waals surface area contributed by atoms with Crippen molar-refractivity contribution in [2.45, 2.75) is 40.2 Å². The van der Waals surface area contributed by atoms with Crippen molar-refractivity contribution >= 4 is 23.8 Å². The van der Waals surface area contributed by atoms with Gasteiger partial charge in [0.15, 0.2) is 0 Å². The number of hydrogen-bond acceptors (Lipinski definition) is 6. The van der Waals surface area contributed by atoms with E-state index >= 15 is 0 Å². The molecule has 8 heteroatoms. The van der Waals surface area contributed by atoms with E-state index in [-0.39, 0.29) is 13.2 Å².